The number of esters is 1. The van der Waals surface area contributed by atoms with Crippen molar-refractivity contribution in [3.63, 3.8) is 0 Å². The van der Waals surface area contributed by atoms with Crippen LogP contribution >= 0.6 is 11.6 Å². The van der Waals surface area contributed by atoms with Gasteiger partial charge in [-0.3, -0.25) is 9.59 Å². The highest BCUT2D eigenvalue weighted by Gasteiger charge is 2.18. The van der Waals surface area contributed by atoms with Gasteiger partial charge in [-0.05, 0) is 49.7 Å². The fourth-order valence-corrected chi connectivity index (χ4v) is 2.51. The quantitative estimate of drug-likeness (QED) is 0.688. The maximum Gasteiger partial charge on any atom is 0.310 e. The molecule has 2 aromatic carbocycles. The first kappa shape index (κ1) is 20.6. The standard InChI is InChI=1S/C20H22ClNO5/c1-13-5-4-6-16(11-13)26-10-9-19(23)27-14(2)20(24)22-15-7-8-18(25-3)17(21)12-15/h4-8,11-12,14H,9-10H2,1-3H3,(H,22,24)/t14-/m0/s1. The number of hydrogen-bond acceptors (Lipinski definition) is 5. The molecule has 0 fully saturated rings. The fourth-order valence-electron chi connectivity index (χ4n) is 2.25. The van der Waals surface area contributed by atoms with Crippen molar-refractivity contribution in [3.8, 4) is 11.5 Å². The Hall–Kier alpha value is -2.73. The van der Waals surface area contributed by atoms with Crippen molar-refractivity contribution >= 4 is 29.2 Å². The zero-order chi connectivity index (χ0) is 19.8. The minimum atomic E-state index is -0.947. The van der Waals surface area contributed by atoms with Gasteiger partial charge in [0.05, 0.1) is 25.2 Å². The van der Waals surface area contributed by atoms with Crippen LogP contribution in [0.25, 0.3) is 0 Å². The minimum absolute atomic E-state index is 0.0416. The van der Waals surface area contributed by atoms with E-state index in [2.05, 4.69) is 5.32 Å². The van der Waals surface area contributed by atoms with E-state index in [1.165, 1.54) is 14.0 Å². The molecule has 1 atom stereocenters. The van der Waals surface area contributed by atoms with Gasteiger partial charge in [0.1, 0.15) is 11.5 Å². The first-order valence-electron chi connectivity index (χ1n) is 8.42. The van der Waals surface area contributed by atoms with Gasteiger partial charge >= 0.3 is 5.97 Å². The van der Waals surface area contributed by atoms with Crippen molar-refractivity contribution in [2.45, 2.75) is 26.4 Å². The van der Waals surface area contributed by atoms with Crippen molar-refractivity contribution < 1.29 is 23.8 Å². The molecule has 0 spiro atoms. The molecule has 0 heterocycles. The lowest BCUT2D eigenvalue weighted by molar-refractivity contribution is -0.153. The van der Waals surface area contributed by atoms with E-state index in [-0.39, 0.29) is 13.0 Å². The molecule has 2 aromatic rings. The Morgan fingerprint density at radius 1 is 1.19 bits per heavy atom. The number of ether oxygens (including phenoxy) is 3. The molecule has 0 saturated carbocycles. The summed E-state index contributed by atoms with van der Waals surface area (Å²) >= 11 is 6.02. The van der Waals surface area contributed by atoms with Crippen molar-refractivity contribution in [1.82, 2.24) is 0 Å². The van der Waals surface area contributed by atoms with Crippen LogP contribution in [0.5, 0.6) is 11.5 Å². The molecule has 2 rings (SSSR count). The molecule has 0 aromatic heterocycles. The molecule has 144 valence electrons. The van der Waals surface area contributed by atoms with E-state index in [1.807, 2.05) is 31.2 Å². The number of hydrogen-bond donors (Lipinski definition) is 1. The highest BCUT2D eigenvalue weighted by atomic mass is 35.5. The molecule has 0 unspecified atom stereocenters. The highest BCUT2D eigenvalue weighted by Crippen LogP contribution is 2.27. The Bertz CT molecular complexity index is 809. The SMILES string of the molecule is COc1ccc(NC(=O)[C@H](C)OC(=O)CCOc2cccc(C)c2)cc1Cl. The Morgan fingerprint density at radius 3 is 2.63 bits per heavy atom. The topological polar surface area (TPSA) is 73.9 Å². The molecule has 0 radical (unpaired) electrons. The number of carbonyl (C=O) groups is 2. The van der Waals surface area contributed by atoms with Gasteiger partial charge in [-0.1, -0.05) is 23.7 Å². The summed E-state index contributed by atoms with van der Waals surface area (Å²) in [7, 11) is 1.50. The zero-order valence-electron chi connectivity index (χ0n) is 15.5. The smallest absolute Gasteiger partial charge is 0.310 e. The van der Waals surface area contributed by atoms with Crippen LogP contribution in [0.1, 0.15) is 18.9 Å². The van der Waals surface area contributed by atoms with Gasteiger partial charge in [-0.2, -0.15) is 0 Å². The predicted molar refractivity (Wildman–Crippen MR) is 103 cm³/mol. The monoisotopic (exact) mass is 391 g/mol. The van der Waals surface area contributed by atoms with E-state index in [0.29, 0.717) is 22.2 Å². The lowest BCUT2D eigenvalue weighted by Gasteiger charge is -2.14. The number of halogens is 1. The third kappa shape index (κ3) is 6.49. The molecule has 27 heavy (non-hydrogen) atoms. The Labute approximate surface area is 163 Å². The summed E-state index contributed by atoms with van der Waals surface area (Å²) in [5.74, 6) is 0.218. The molecular weight excluding hydrogens is 370 g/mol. The van der Waals surface area contributed by atoms with Gasteiger partial charge in [-0.25, -0.2) is 0 Å². The summed E-state index contributed by atoms with van der Waals surface area (Å²) in [5.41, 5.74) is 1.55. The number of benzene rings is 2. The van der Waals surface area contributed by atoms with E-state index in [9.17, 15) is 9.59 Å². The van der Waals surface area contributed by atoms with Crippen LogP contribution in [0, 0.1) is 6.92 Å². The summed E-state index contributed by atoms with van der Waals surface area (Å²) in [6.45, 7) is 3.63. The average Bonchev–Trinajstić information content (AvgIpc) is 2.62. The highest BCUT2D eigenvalue weighted by molar-refractivity contribution is 6.32. The van der Waals surface area contributed by atoms with Crippen molar-refractivity contribution in [1.29, 1.82) is 0 Å². The van der Waals surface area contributed by atoms with Crippen molar-refractivity contribution in [2.24, 2.45) is 0 Å². The molecule has 0 aliphatic heterocycles. The summed E-state index contributed by atoms with van der Waals surface area (Å²) in [4.78, 5) is 24.0. The average molecular weight is 392 g/mol. The molecule has 7 heteroatoms. The van der Waals surface area contributed by atoms with Gasteiger partial charge in [0.15, 0.2) is 6.10 Å². The Balaban J connectivity index is 1.77. The minimum Gasteiger partial charge on any atom is -0.495 e. The molecule has 0 bridgehead atoms. The molecule has 0 saturated heterocycles. The second kappa shape index (κ2) is 9.83. The lowest BCUT2D eigenvalue weighted by Crippen LogP contribution is -2.30. The zero-order valence-corrected chi connectivity index (χ0v) is 16.2. The summed E-state index contributed by atoms with van der Waals surface area (Å²) in [6, 6.07) is 12.4. The van der Waals surface area contributed by atoms with Gasteiger partial charge in [-0.15, -0.1) is 0 Å². The van der Waals surface area contributed by atoms with Gasteiger partial charge in [0.25, 0.3) is 5.91 Å². The molecule has 0 aliphatic rings. The number of nitrogens with one attached hydrogen (secondary N) is 1. The van der Waals surface area contributed by atoms with E-state index in [1.54, 1.807) is 18.2 Å². The van der Waals surface area contributed by atoms with Crippen LogP contribution in [-0.4, -0.2) is 31.7 Å². The maximum absolute atomic E-state index is 12.2. The summed E-state index contributed by atoms with van der Waals surface area (Å²) < 4.78 is 15.7. The molecular formula is C20H22ClNO5. The van der Waals surface area contributed by atoms with Crippen molar-refractivity contribution in [2.75, 3.05) is 19.0 Å². The maximum atomic E-state index is 12.2. The summed E-state index contributed by atoms with van der Waals surface area (Å²) in [5, 5.41) is 3.01. The molecule has 1 N–H and O–H groups in total. The number of aryl methyl sites for hydroxylation is 1. The van der Waals surface area contributed by atoms with Crippen molar-refractivity contribution in [3.05, 3.63) is 53.1 Å². The van der Waals surface area contributed by atoms with E-state index < -0.39 is 18.0 Å². The van der Waals surface area contributed by atoms with Crippen LogP contribution in [0.2, 0.25) is 5.02 Å². The van der Waals surface area contributed by atoms with Crippen LogP contribution in [0.4, 0.5) is 5.69 Å². The number of anilines is 1. The Kier molecular flexibility index (Phi) is 7.49. The largest absolute Gasteiger partial charge is 0.495 e. The van der Waals surface area contributed by atoms with E-state index in [0.717, 1.165) is 5.56 Å². The summed E-state index contributed by atoms with van der Waals surface area (Å²) in [6.07, 6.45) is -0.905. The number of amides is 1. The van der Waals surface area contributed by atoms with E-state index in [4.69, 9.17) is 25.8 Å². The van der Waals surface area contributed by atoms with E-state index >= 15 is 0 Å². The van der Waals surface area contributed by atoms with Gasteiger partial charge in [0, 0.05) is 5.69 Å². The third-order valence-electron chi connectivity index (χ3n) is 3.66. The van der Waals surface area contributed by atoms with Crippen LogP contribution in [-0.2, 0) is 14.3 Å². The fraction of sp³-hybridized carbons (Fsp3) is 0.300. The number of rotatable bonds is 8. The molecule has 1 amide bonds. The second-order valence-corrected chi connectivity index (χ2v) is 6.29. The van der Waals surface area contributed by atoms with Crippen LogP contribution in [0.15, 0.2) is 42.5 Å². The third-order valence-corrected chi connectivity index (χ3v) is 3.96. The van der Waals surface area contributed by atoms with Gasteiger partial charge < -0.3 is 19.5 Å². The second-order valence-electron chi connectivity index (χ2n) is 5.89. The lowest BCUT2D eigenvalue weighted by atomic mass is 10.2. The number of carbonyl (C=O) groups excluding carboxylic acids is 2. The van der Waals surface area contributed by atoms with Crippen LogP contribution in [0.3, 0.4) is 0 Å². The first-order chi connectivity index (χ1) is 12.9. The normalized spacial score (nSPS) is 11.4. The predicted octanol–water partition coefficient (Wildman–Crippen LogP) is 4.00. The Morgan fingerprint density at radius 2 is 1.96 bits per heavy atom. The van der Waals surface area contributed by atoms with Crippen LogP contribution < -0.4 is 14.8 Å². The molecule has 6 nitrogen and oxygen atoms in total. The van der Waals surface area contributed by atoms with Gasteiger partial charge in [0.2, 0.25) is 0 Å². The molecule has 0 aliphatic carbocycles. The first-order valence-corrected chi connectivity index (χ1v) is 8.80. The number of methoxy groups -OCH3 is 1.